The number of halogens is 1. The Hall–Kier alpha value is -1.22. The molecule has 2 aromatic rings. The van der Waals surface area contributed by atoms with Gasteiger partial charge in [-0.2, -0.15) is 5.10 Å². The van der Waals surface area contributed by atoms with Crippen molar-refractivity contribution in [3.8, 4) is 0 Å². The number of H-pyrrole nitrogens is 1. The lowest BCUT2D eigenvalue weighted by Gasteiger charge is -2.15. The molecule has 3 N–H and O–H groups in total. The largest absolute Gasteiger partial charge is 0.355 e. The van der Waals surface area contributed by atoms with Crippen LogP contribution >= 0.6 is 35.7 Å². The minimum Gasteiger partial charge on any atom is -0.355 e. The zero-order valence-electron chi connectivity index (χ0n) is 12.7. The maximum absolute atomic E-state index is 4.22. The second-order valence-electron chi connectivity index (χ2n) is 4.63. The van der Waals surface area contributed by atoms with Crippen molar-refractivity contribution in [3.63, 3.8) is 0 Å². The third kappa shape index (κ3) is 6.69. The molecule has 120 valence electrons. The average Bonchev–Trinajstić information content (AvgIpc) is 3.02. The highest BCUT2D eigenvalue weighted by atomic mass is 127. The van der Waals surface area contributed by atoms with Crippen LogP contribution in [0.25, 0.3) is 0 Å². The van der Waals surface area contributed by atoms with Gasteiger partial charge >= 0.3 is 0 Å². The number of aliphatic imine (C=N–C) groups is 1. The topological polar surface area (TPSA) is 65.1 Å². The van der Waals surface area contributed by atoms with E-state index >= 15 is 0 Å². The maximum Gasteiger partial charge on any atom is 0.191 e. The molecule has 0 aliphatic carbocycles. The van der Waals surface area contributed by atoms with Gasteiger partial charge < -0.3 is 10.6 Å². The van der Waals surface area contributed by atoms with Gasteiger partial charge in [-0.1, -0.05) is 25.1 Å². The van der Waals surface area contributed by atoms with E-state index in [2.05, 4.69) is 57.0 Å². The van der Waals surface area contributed by atoms with E-state index in [1.807, 2.05) is 23.9 Å². The third-order valence-electron chi connectivity index (χ3n) is 2.87. The molecular formula is C15H22IN5S. The molecule has 0 fully saturated rings. The first-order valence-electron chi connectivity index (χ1n) is 6.92. The van der Waals surface area contributed by atoms with E-state index in [9.17, 15) is 0 Å². The zero-order chi connectivity index (χ0) is 14.9. The molecule has 0 amide bonds. The number of benzene rings is 1. The summed E-state index contributed by atoms with van der Waals surface area (Å²) in [6, 6.07) is 12.4. The van der Waals surface area contributed by atoms with Crippen molar-refractivity contribution in [1.29, 1.82) is 0 Å². The summed E-state index contributed by atoms with van der Waals surface area (Å²) in [7, 11) is 1.78. The SMILES string of the molecule is CN=C(NCc1ccn[nH]1)NCC(C)Sc1ccccc1.I. The van der Waals surface area contributed by atoms with E-state index in [0.717, 1.165) is 18.2 Å². The molecular weight excluding hydrogens is 409 g/mol. The fourth-order valence-corrected chi connectivity index (χ4v) is 2.74. The highest BCUT2D eigenvalue weighted by Gasteiger charge is 2.06. The van der Waals surface area contributed by atoms with E-state index in [4.69, 9.17) is 0 Å². The Bertz CT molecular complexity index is 544. The van der Waals surface area contributed by atoms with Crippen molar-refractivity contribution < 1.29 is 0 Å². The predicted octanol–water partition coefficient (Wildman–Crippen LogP) is 2.87. The molecule has 1 aromatic heterocycles. The van der Waals surface area contributed by atoms with Gasteiger partial charge in [0.15, 0.2) is 5.96 Å². The van der Waals surface area contributed by atoms with Crippen LogP contribution in [0.4, 0.5) is 0 Å². The van der Waals surface area contributed by atoms with Gasteiger partial charge in [0.1, 0.15) is 0 Å². The quantitative estimate of drug-likeness (QED) is 0.285. The first-order chi connectivity index (χ1) is 10.3. The Morgan fingerprint density at radius 2 is 2.05 bits per heavy atom. The average molecular weight is 431 g/mol. The summed E-state index contributed by atoms with van der Waals surface area (Å²) in [6.07, 6.45) is 1.74. The zero-order valence-corrected chi connectivity index (χ0v) is 15.9. The third-order valence-corrected chi connectivity index (χ3v) is 3.98. The van der Waals surface area contributed by atoms with Gasteiger partial charge in [-0.3, -0.25) is 10.1 Å². The standard InChI is InChI=1S/C15H21N5S.HI/c1-12(21-14-6-4-3-5-7-14)10-17-15(16-2)18-11-13-8-9-19-20-13;/h3-9,12H,10-11H2,1-2H3,(H,19,20)(H2,16,17,18);1H. The molecule has 7 heteroatoms. The lowest BCUT2D eigenvalue weighted by Crippen LogP contribution is -2.39. The lowest BCUT2D eigenvalue weighted by molar-refractivity contribution is 0.777. The number of aromatic amines is 1. The molecule has 2 rings (SSSR count). The molecule has 1 heterocycles. The van der Waals surface area contributed by atoms with Crippen LogP contribution in [0.1, 0.15) is 12.6 Å². The summed E-state index contributed by atoms with van der Waals surface area (Å²) in [5.74, 6) is 0.796. The minimum absolute atomic E-state index is 0. The summed E-state index contributed by atoms with van der Waals surface area (Å²) in [5.41, 5.74) is 1.03. The number of aromatic nitrogens is 2. The summed E-state index contributed by atoms with van der Waals surface area (Å²) >= 11 is 1.85. The summed E-state index contributed by atoms with van der Waals surface area (Å²) < 4.78 is 0. The fraction of sp³-hybridized carbons (Fsp3) is 0.333. The molecule has 0 saturated heterocycles. The van der Waals surface area contributed by atoms with Gasteiger partial charge in [-0.15, -0.1) is 35.7 Å². The van der Waals surface area contributed by atoms with Crippen LogP contribution in [-0.4, -0.2) is 35.0 Å². The molecule has 22 heavy (non-hydrogen) atoms. The number of hydrogen-bond donors (Lipinski definition) is 3. The molecule has 0 aliphatic heterocycles. The van der Waals surface area contributed by atoms with E-state index in [-0.39, 0.29) is 24.0 Å². The molecule has 0 aliphatic rings. The van der Waals surface area contributed by atoms with Crippen molar-refractivity contribution in [2.45, 2.75) is 23.6 Å². The molecule has 1 unspecified atom stereocenters. The van der Waals surface area contributed by atoms with Gasteiger partial charge in [-0.05, 0) is 18.2 Å². The first-order valence-corrected chi connectivity index (χ1v) is 7.80. The predicted molar refractivity (Wildman–Crippen MR) is 104 cm³/mol. The molecule has 5 nitrogen and oxygen atoms in total. The molecule has 1 atom stereocenters. The number of rotatable bonds is 6. The monoisotopic (exact) mass is 431 g/mol. The lowest BCUT2D eigenvalue weighted by atomic mass is 10.4. The summed E-state index contributed by atoms with van der Waals surface area (Å²) in [4.78, 5) is 5.50. The molecule has 0 bridgehead atoms. The second kappa shape index (κ2) is 10.5. The van der Waals surface area contributed by atoms with Crippen LogP contribution in [0.2, 0.25) is 0 Å². The summed E-state index contributed by atoms with van der Waals surface area (Å²) in [6.45, 7) is 3.73. The Morgan fingerprint density at radius 1 is 1.27 bits per heavy atom. The molecule has 0 radical (unpaired) electrons. The van der Waals surface area contributed by atoms with Gasteiger partial charge in [-0.25, -0.2) is 0 Å². The van der Waals surface area contributed by atoms with Gasteiger partial charge in [0.2, 0.25) is 0 Å². The second-order valence-corrected chi connectivity index (χ2v) is 6.14. The van der Waals surface area contributed by atoms with E-state index in [0.29, 0.717) is 11.8 Å². The van der Waals surface area contributed by atoms with Crippen LogP contribution in [0.3, 0.4) is 0 Å². The molecule has 0 spiro atoms. The molecule has 0 saturated carbocycles. The fourth-order valence-electron chi connectivity index (χ4n) is 1.80. The van der Waals surface area contributed by atoms with Crippen LogP contribution in [-0.2, 0) is 6.54 Å². The Labute approximate surface area is 152 Å². The van der Waals surface area contributed by atoms with Gasteiger partial charge in [0.25, 0.3) is 0 Å². The number of thioether (sulfide) groups is 1. The van der Waals surface area contributed by atoms with Crippen molar-refractivity contribution in [2.24, 2.45) is 4.99 Å². The highest BCUT2D eigenvalue weighted by Crippen LogP contribution is 2.21. The van der Waals surface area contributed by atoms with Crippen molar-refractivity contribution >= 4 is 41.7 Å². The van der Waals surface area contributed by atoms with Crippen LogP contribution in [0, 0.1) is 0 Å². The molecule has 1 aromatic carbocycles. The van der Waals surface area contributed by atoms with Crippen LogP contribution < -0.4 is 10.6 Å². The van der Waals surface area contributed by atoms with Gasteiger partial charge in [0.05, 0.1) is 12.2 Å². The van der Waals surface area contributed by atoms with Gasteiger partial charge in [0, 0.05) is 29.9 Å². The van der Waals surface area contributed by atoms with E-state index < -0.39 is 0 Å². The van der Waals surface area contributed by atoms with E-state index in [1.54, 1.807) is 13.2 Å². The highest BCUT2D eigenvalue weighted by molar-refractivity contribution is 14.0. The first kappa shape index (κ1) is 18.8. The van der Waals surface area contributed by atoms with Crippen molar-refractivity contribution in [3.05, 3.63) is 48.3 Å². The van der Waals surface area contributed by atoms with Crippen molar-refractivity contribution in [2.75, 3.05) is 13.6 Å². The normalized spacial score (nSPS) is 12.4. The summed E-state index contributed by atoms with van der Waals surface area (Å²) in [5, 5.41) is 13.9. The minimum atomic E-state index is 0. The van der Waals surface area contributed by atoms with Crippen molar-refractivity contribution in [1.82, 2.24) is 20.8 Å². The van der Waals surface area contributed by atoms with E-state index in [1.165, 1.54) is 4.90 Å². The Balaban J connectivity index is 0.00000242. The number of hydrogen-bond acceptors (Lipinski definition) is 3. The maximum atomic E-state index is 4.22. The number of guanidine groups is 1. The van der Waals surface area contributed by atoms with Crippen LogP contribution in [0.15, 0.2) is 52.5 Å². The smallest absolute Gasteiger partial charge is 0.191 e. The Morgan fingerprint density at radius 3 is 2.68 bits per heavy atom. The number of nitrogens with one attached hydrogen (secondary N) is 3. The van der Waals surface area contributed by atoms with Crippen LogP contribution in [0.5, 0.6) is 0 Å². The Kier molecular flexibility index (Phi) is 8.98. The number of nitrogens with zero attached hydrogens (tertiary/aromatic N) is 2.